The van der Waals surface area contributed by atoms with Crippen LogP contribution in [0.1, 0.15) is 22.5 Å². The van der Waals surface area contributed by atoms with E-state index in [1.165, 1.54) is 27.9 Å². The molecule has 0 aliphatic heterocycles. The van der Waals surface area contributed by atoms with E-state index in [2.05, 4.69) is 69.3 Å². The maximum absolute atomic E-state index is 5.62. The van der Waals surface area contributed by atoms with Gasteiger partial charge in [-0.05, 0) is 57.0 Å². The van der Waals surface area contributed by atoms with Gasteiger partial charge < -0.3 is 5.73 Å². The van der Waals surface area contributed by atoms with Crippen molar-refractivity contribution in [1.29, 1.82) is 0 Å². The lowest BCUT2D eigenvalue weighted by molar-refractivity contribution is 0.832. The molecule has 2 aromatic carbocycles. The molecular formula is C20H23N3. The van der Waals surface area contributed by atoms with Gasteiger partial charge in [0.1, 0.15) is 0 Å². The van der Waals surface area contributed by atoms with Gasteiger partial charge in [0, 0.05) is 11.3 Å². The minimum absolute atomic E-state index is 0.677. The molecule has 118 valence electrons. The molecule has 3 nitrogen and oxygen atoms in total. The summed E-state index contributed by atoms with van der Waals surface area (Å²) in [5.74, 6) is 0. The molecule has 0 atom stereocenters. The van der Waals surface area contributed by atoms with Gasteiger partial charge in [0.2, 0.25) is 0 Å². The summed E-state index contributed by atoms with van der Waals surface area (Å²) < 4.78 is 2.03. The van der Waals surface area contributed by atoms with Gasteiger partial charge in [-0.15, -0.1) is 0 Å². The number of nitrogens with two attached hydrogens (primary N) is 1. The van der Waals surface area contributed by atoms with Crippen LogP contribution in [0.15, 0.2) is 48.5 Å². The number of hydrogen-bond acceptors (Lipinski definition) is 2. The Morgan fingerprint density at radius 2 is 1.74 bits per heavy atom. The van der Waals surface area contributed by atoms with Crippen molar-refractivity contribution in [2.24, 2.45) is 5.73 Å². The summed E-state index contributed by atoms with van der Waals surface area (Å²) in [6, 6.07) is 17.1. The number of benzene rings is 2. The van der Waals surface area contributed by atoms with E-state index in [9.17, 15) is 0 Å². The molecule has 2 N–H and O–H groups in total. The number of rotatable bonds is 4. The van der Waals surface area contributed by atoms with Crippen LogP contribution in [0.2, 0.25) is 0 Å². The molecule has 0 bridgehead atoms. The molecule has 23 heavy (non-hydrogen) atoms. The van der Waals surface area contributed by atoms with Gasteiger partial charge in [-0.25, -0.2) is 4.68 Å². The first kappa shape index (κ1) is 15.5. The highest BCUT2D eigenvalue weighted by molar-refractivity contribution is 5.69. The van der Waals surface area contributed by atoms with E-state index < -0.39 is 0 Å². The molecule has 3 aromatic rings. The third-order valence-corrected chi connectivity index (χ3v) is 4.21. The molecule has 3 heteroatoms. The van der Waals surface area contributed by atoms with E-state index in [0.717, 1.165) is 17.8 Å². The standard InChI is InChI=1S/C20H23N3/c1-14-5-4-6-18(13-14)20-15(2)22-23(16(20)3)19-9-7-17(8-10-19)11-12-21/h4-10,13H,11-12,21H2,1-3H3. The van der Waals surface area contributed by atoms with Gasteiger partial charge in [-0.3, -0.25) is 0 Å². The van der Waals surface area contributed by atoms with Gasteiger partial charge >= 0.3 is 0 Å². The van der Waals surface area contributed by atoms with Crippen molar-refractivity contribution < 1.29 is 0 Å². The van der Waals surface area contributed by atoms with Crippen molar-refractivity contribution in [2.75, 3.05) is 6.54 Å². The largest absolute Gasteiger partial charge is 0.330 e. The van der Waals surface area contributed by atoms with Crippen LogP contribution in [0.25, 0.3) is 16.8 Å². The van der Waals surface area contributed by atoms with Gasteiger partial charge in [-0.1, -0.05) is 42.0 Å². The molecule has 0 saturated heterocycles. The Balaban J connectivity index is 2.03. The lowest BCUT2D eigenvalue weighted by Gasteiger charge is -2.07. The Labute approximate surface area is 137 Å². The summed E-state index contributed by atoms with van der Waals surface area (Å²) in [7, 11) is 0. The van der Waals surface area contributed by atoms with E-state index in [0.29, 0.717) is 6.54 Å². The number of hydrogen-bond donors (Lipinski definition) is 1. The number of aromatic nitrogens is 2. The molecule has 1 aromatic heterocycles. The minimum Gasteiger partial charge on any atom is -0.330 e. The van der Waals surface area contributed by atoms with Crippen LogP contribution in [0.4, 0.5) is 0 Å². The van der Waals surface area contributed by atoms with Crippen LogP contribution < -0.4 is 5.73 Å². The molecular weight excluding hydrogens is 282 g/mol. The lowest BCUT2D eigenvalue weighted by atomic mass is 10.0. The van der Waals surface area contributed by atoms with Gasteiger partial charge in [0.25, 0.3) is 0 Å². The highest BCUT2D eigenvalue weighted by atomic mass is 15.3. The molecule has 0 amide bonds. The maximum Gasteiger partial charge on any atom is 0.0679 e. The van der Waals surface area contributed by atoms with Crippen LogP contribution in [0.5, 0.6) is 0 Å². The second-order valence-electron chi connectivity index (χ2n) is 6.03. The molecule has 0 aliphatic rings. The first-order chi connectivity index (χ1) is 11.1. The smallest absolute Gasteiger partial charge is 0.0679 e. The van der Waals surface area contributed by atoms with E-state index in [-0.39, 0.29) is 0 Å². The van der Waals surface area contributed by atoms with E-state index in [4.69, 9.17) is 10.8 Å². The van der Waals surface area contributed by atoms with E-state index in [1.54, 1.807) is 0 Å². The van der Waals surface area contributed by atoms with Crippen molar-refractivity contribution in [3.63, 3.8) is 0 Å². The quantitative estimate of drug-likeness (QED) is 0.792. The monoisotopic (exact) mass is 305 g/mol. The van der Waals surface area contributed by atoms with Gasteiger partial charge in [-0.2, -0.15) is 5.10 Å². The zero-order valence-electron chi connectivity index (χ0n) is 14.0. The average molecular weight is 305 g/mol. The summed E-state index contributed by atoms with van der Waals surface area (Å²) in [4.78, 5) is 0. The SMILES string of the molecule is Cc1cccc(-c2c(C)nn(-c3ccc(CCN)cc3)c2C)c1. The Morgan fingerprint density at radius 3 is 2.39 bits per heavy atom. The highest BCUT2D eigenvalue weighted by Crippen LogP contribution is 2.29. The zero-order valence-corrected chi connectivity index (χ0v) is 14.0. The summed E-state index contributed by atoms with van der Waals surface area (Å²) in [6.07, 6.45) is 0.909. The fourth-order valence-corrected chi connectivity index (χ4v) is 3.08. The number of nitrogens with zero attached hydrogens (tertiary/aromatic N) is 2. The Hall–Kier alpha value is -2.39. The van der Waals surface area contributed by atoms with Crippen molar-refractivity contribution in [3.05, 3.63) is 71.0 Å². The third kappa shape index (κ3) is 3.06. The zero-order chi connectivity index (χ0) is 16.4. The number of aryl methyl sites for hydroxylation is 2. The fraction of sp³-hybridized carbons (Fsp3) is 0.250. The summed E-state index contributed by atoms with van der Waals surface area (Å²) in [5, 5.41) is 4.75. The molecule has 0 unspecified atom stereocenters. The van der Waals surface area contributed by atoms with E-state index >= 15 is 0 Å². The van der Waals surface area contributed by atoms with Crippen molar-refractivity contribution in [2.45, 2.75) is 27.2 Å². The second-order valence-corrected chi connectivity index (χ2v) is 6.03. The Bertz CT molecular complexity index is 813. The predicted molar refractivity (Wildman–Crippen MR) is 96.0 cm³/mol. The topological polar surface area (TPSA) is 43.8 Å². The van der Waals surface area contributed by atoms with Crippen LogP contribution in [0.3, 0.4) is 0 Å². The fourth-order valence-electron chi connectivity index (χ4n) is 3.08. The normalized spacial score (nSPS) is 11.0. The Morgan fingerprint density at radius 1 is 1.00 bits per heavy atom. The summed E-state index contributed by atoms with van der Waals surface area (Å²) in [6.45, 7) is 7.00. The maximum atomic E-state index is 5.62. The highest BCUT2D eigenvalue weighted by Gasteiger charge is 2.14. The Kier molecular flexibility index (Phi) is 4.30. The van der Waals surface area contributed by atoms with Crippen molar-refractivity contribution >= 4 is 0 Å². The van der Waals surface area contributed by atoms with Crippen LogP contribution >= 0.6 is 0 Å². The van der Waals surface area contributed by atoms with Crippen LogP contribution in [-0.2, 0) is 6.42 Å². The molecule has 0 saturated carbocycles. The molecule has 0 aliphatic carbocycles. The van der Waals surface area contributed by atoms with Crippen LogP contribution in [-0.4, -0.2) is 16.3 Å². The van der Waals surface area contributed by atoms with Gasteiger partial charge in [0.05, 0.1) is 11.4 Å². The van der Waals surface area contributed by atoms with Gasteiger partial charge in [0.15, 0.2) is 0 Å². The summed E-state index contributed by atoms with van der Waals surface area (Å²) in [5.41, 5.74) is 13.9. The third-order valence-electron chi connectivity index (χ3n) is 4.21. The average Bonchev–Trinajstić information content (AvgIpc) is 2.83. The predicted octanol–water partition coefficient (Wildman–Crippen LogP) is 3.97. The molecule has 1 heterocycles. The summed E-state index contributed by atoms with van der Waals surface area (Å²) >= 11 is 0. The first-order valence-electron chi connectivity index (χ1n) is 8.03. The second kappa shape index (κ2) is 6.39. The lowest BCUT2D eigenvalue weighted by Crippen LogP contribution is -2.03. The first-order valence-corrected chi connectivity index (χ1v) is 8.03. The van der Waals surface area contributed by atoms with Crippen molar-refractivity contribution in [3.8, 4) is 16.8 Å². The molecule has 0 fully saturated rings. The molecule has 0 spiro atoms. The molecule has 0 radical (unpaired) electrons. The van der Waals surface area contributed by atoms with E-state index in [1.807, 2.05) is 4.68 Å². The minimum atomic E-state index is 0.677. The molecule has 3 rings (SSSR count). The van der Waals surface area contributed by atoms with Crippen LogP contribution in [0, 0.1) is 20.8 Å². The van der Waals surface area contributed by atoms with Crippen molar-refractivity contribution in [1.82, 2.24) is 9.78 Å².